The van der Waals surface area contributed by atoms with Crippen LogP contribution in [-0.4, -0.2) is 30.6 Å². The van der Waals surface area contributed by atoms with E-state index in [-0.39, 0.29) is 5.91 Å². The van der Waals surface area contributed by atoms with E-state index in [9.17, 15) is 4.79 Å². The molecule has 0 unspecified atom stereocenters. The number of amides is 1. The summed E-state index contributed by atoms with van der Waals surface area (Å²) < 4.78 is 1.95. The molecule has 1 aliphatic rings. The van der Waals surface area contributed by atoms with E-state index in [0.29, 0.717) is 17.3 Å². The zero-order chi connectivity index (χ0) is 21.2. The van der Waals surface area contributed by atoms with Crippen molar-refractivity contribution >= 4 is 11.6 Å². The number of rotatable bonds is 6. The summed E-state index contributed by atoms with van der Waals surface area (Å²) >= 11 is 0. The molecule has 0 atom stereocenters. The minimum atomic E-state index is -0.265. The number of benzene rings is 1. The average molecular weight is 410 g/mol. The van der Waals surface area contributed by atoms with Gasteiger partial charge in [0.1, 0.15) is 12.0 Å². The Morgan fingerprint density at radius 1 is 1.06 bits per heavy atom. The molecule has 1 amide bonds. The third kappa shape index (κ3) is 4.07. The summed E-state index contributed by atoms with van der Waals surface area (Å²) in [5, 5.41) is 11.1. The monoisotopic (exact) mass is 410 g/mol. The first-order valence-electron chi connectivity index (χ1n) is 10.4. The normalized spacial score (nSPS) is 13.2. The number of anilines is 1. The van der Waals surface area contributed by atoms with Crippen LogP contribution in [0.3, 0.4) is 0 Å². The van der Waals surface area contributed by atoms with Gasteiger partial charge in [0.05, 0.1) is 0 Å². The number of aromatic nitrogens is 5. The Bertz CT molecular complexity index is 1230. The Hall–Kier alpha value is -3.87. The van der Waals surface area contributed by atoms with E-state index in [2.05, 4.69) is 37.6 Å². The predicted molar refractivity (Wildman–Crippen MR) is 119 cm³/mol. The molecule has 0 aliphatic heterocycles. The highest BCUT2D eigenvalue weighted by Gasteiger charge is 2.24. The molecule has 0 saturated heterocycles. The minimum Gasteiger partial charge on any atom is -0.321 e. The van der Waals surface area contributed by atoms with Gasteiger partial charge >= 0.3 is 0 Å². The highest BCUT2D eigenvalue weighted by atomic mass is 16.1. The fourth-order valence-electron chi connectivity index (χ4n) is 3.57. The van der Waals surface area contributed by atoms with Crippen molar-refractivity contribution < 1.29 is 4.79 Å². The molecule has 0 spiro atoms. The number of carbonyl (C=O) groups is 1. The Morgan fingerprint density at radius 2 is 1.97 bits per heavy atom. The van der Waals surface area contributed by atoms with E-state index in [4.69, 9.17) is 0 Å². The van der Waals surface area contributed by atoms with Crippen LogP contribution in [0.4, 0.5) is 5.69 Å². The number of hydrogen-bond donors (Lipinski definition) is 1. The van der Waals surface area contributed by atoms with Crippen LogP contribution in [0.2, 0.25) is 0 Å². The molecule has 1 saturated carbocycles. The lowest BCUT2D eigenvalue weighted by Crippen LogP contribution is -2.13. The number of nitrogens with zero attached hydrogens (tertiary/aromatic N) is 5. The predicted octanol–water partition coefficient (Wildman–Crippen LogP) is 4.55. The zero-order valence-electron chi connectivity index (χ0n) is 17.2. The van der Waals surface area contributed by atoms with Crippen molar-refractivity contribution in [3.63, 3.8) is 0 Å². The summed E-state index contributed by atoms with van der Waals surface area (Å²) in [5.74, 6) is 1.12. The fraction of sp³-hybridized carbons (Fsp3) is 0.208. The molecule has 3 aromatic heterocycles. The van der Waals surface area contributed by atoms with Crippen LogP contribution in [0.15, 0.2) is 67.3 Å². The Balaban J connectivity index is 1.35. The largest absolute Gasteiger partial charge is 0.321 e. The maximum absolute atomic E-state index is 12.8. The second-order valence-corrected chi connectivity index (χ2v) is 7.65. The first kappa shape index (κ1) is 19.1. The highest BCUT2D eigenvalue weighted by molar-refractivity contribution is 6.03. The molecule has 31 heavy (non-hydrogen) atoms. The van der Waals surface area contributed by atoms with Gasteiger partial charge in [0.15, 0.2) is 5.82 Å². The van der Waals surface area contributed by atoms with E-state index in [1.54, 1.807) is 18.6 Å². The van der Waals surface area contributed by atoms with Crippen LogP contribution < -0.4 is 5.32 Å². The van der Waals surface area contributed by atoms with Gasteiger partial charge in [-0.3, -0.25) is 14.8 Å². The molecule has 7 nitrogen and oxygen atoms in total. The quantitative estimate of drug-likeness (QED) is 0.504. The highest BCUT2D eigenvalue weighted by Crippen LogP contribution is 2.39. The molecule has 154 valence electrons. The summed E-state index contributed by atoms with van der Waals surface area (Å²) in [4.78, 5) is 21.7. The van der Waals surface area contributed by atoms with E-state index in [0.717, 1.165) is 34.8 Å². The first-order valence-corrected chi connectivity index (χ1v) is 10.4. The lowest BCUT2D eigenvalue weighted by atomic mass is 10.1. The maximum Gasteiger partial charge on any atom is 0.274 e. The number of pyridine rings is 2. The van der Waals surface area contributed by atoms with E-state index >= 15 is 0 Å². The Morgan fingerprint density at radius 3 is 2.74 bits per heavy atom. The van der Waals surface area contributed by atoms with Gasteiger partial charge in [-0.05, 0) is 55.7 Å². The van der Waals surface area contributed by atoms with Gasteiger partial charge in [-0.15, -0.1) is 10.2 Å². The van der Waals surface area contributed by atoms with E-state index in [1.807, 2.05) is 48.0 Å². The SMILES string of the molecule is CCn1cnnc1-c1cccc(NC(=O)c2cc(-c3ccc(C4CC4)nc3)ccn2)c1. The second-order valence-electron chi connectivity index (χ2n) is 7.65. The third-order valence-electron chi connectivity index (χ3n) is 5.44. The van der Waals surface area contributed by atoms with E-state index in [1.165, 1.54) is 12.8 Å². The van der Waals surface area contributed by atoms with Gasteiger partial charge in [0, 0.05) is 47.4 Å². The Labute approximate surface area is 180 Å². The van der Waals surface area contributed by atoms with Crippen molar-refractivity contribution in [2.24, 2.45) is 0 Å². The van der Waals surface area contributed by atoms with Crippen molar-refractivity contribution in [2.75, 3.05) is 5.32 Å². The summed E-state index contributed by atoms with van der Waals surface area (Å²) in [6.45, 7) is 2.80. The van der Waals surface area contributed by atoms with Crippen LogP contribution >= 0.6 is 0 Å². The van der Waals surface area contributed by atoms with Crippen LogP contribution in [0, 0.1) is 0 Å². The molecule has 0 bridgehead atoms. The van der Waals surface area contributed by atoms with Gasteiger partial charge in [-0.1, -0.05) is 18.2 Å². The van der Waals surface area contributed by atoms with Crippen molar-refractivity contribution in [2.45, 2.75) is 32.2 Å². The molecule has 1 N–H and O–H groups in total. The van der Waals surface area contributed by atoms with E-state index < -0.39 is 0 Å². The number of hydrogen-bond acceptors (Lipinski definition) is 5. The molecule has 4 aromatic rings. The lowest BCUT2D eigenvalue weighted by molar-refractivity contribution is 0.102. The molecule has 0 radical (unpaired) electrons. The van der Waals surface area contributed by atoms with Crippen LogP contribution in [0.5, 0.6) is 0 Å². The third-order valence-corrected chi connectivity index (χ3v) is 5.44. The van der Waals surface area contributed by atoms with Crippen molar-refractivity contribution in [1.29, 1.82) is 0 Å². The number of aryl methyl sites for hydroxylation is 1. The maximum atomic E-state index is 12.8. The number of carbonyl (C=O) groups excluding carboxylic acids is 1. The summed E-state index contributed by atoms with van der Waals surface area (Å²) in [6, 6.07) is 15.4. The summed E-state index contributed by atoms with van der Waals surface area (Å²) in [7, 11) is 0. The fourth-order valence-corrected chi connectivity index (χ4v) is 3.57. The first-order chi connectivity index (χ1) is 15.2. The topological polar surface area (TPSA) is 85.6 Å². The smallest absolute Gasteiger partial charge is 0.274 e. The van der Waals surface area contributed by atoms with Crippen molar-refractivity contribution in [3.05, 3.63) is 78.6 Å². The lowest BCUT2D eigenvalue weighted by Gasteiger charge is -2.09. The molecule has 1 fully saturated rings. The molecule has 3 heterocycles. The molecule has 1 aromatic carbocycles. The van der Waals surface area contributed by atoms with Crippen LogP contribution in [-0.2, 0) is 6.54 Å². The van der Waals surface area contributed by atoms with Gasteiger partial charge in [0.25, 0.3) is 5.91 Å². The van der Waals surface area contributed by atoms with Gasteiger partial charge < -0.3 is 9.88 Å². The van der Waals surface area contributed by atoms with Gasteiger partial charge in [0.2, 0.25) is 0 Å². The standard InChI is InChI=1S/C24H22N6O/c1-2-30-15-27-29-23(30)18-4-3-5-20(12-18)28-24(31)22-13-17(10-11-25-22)19-8-9-21(26-14-19)16-6-7-16/h3-5,8-16H,2,6-7H2,1H3,(H,28,31). The minimum absolute atomic E-state index is 0.265. The molecule has 5 rings (SSSR count). The zero-order valence-corrected chi connectivity index (χ0v) is 17.2. The molecule has 7 heteroatoms. The molecular weight excluding hydrogens is 388 g/mol. The number of nitrogens with one attached hydrogen (secondary N) is 1. The molecule has 1 aliphatic carbocycles. The van der Waals surface area contributed by atoms with Crippen LogP contribution in [0.25, 0.3) is 22.5 Å². The van der Waals surface area contributed by atoms with Gasteiger partial charge in [-0.25, -0.2) is 0 Å². The summed E-state index contributed by atoms with van der Waals surface area (Å²) in [5.41, 5.74) is 4.96. The average Bonchev–Trinajstić information content (AvgIpc) is 3.56. The van der Waals surface area contributed by atoms with Gasteiger partial charge in [-0.2, -0.15) is 0 Å². The molecular formula is C24H22N6O. The second kappa shape index (κ2) is 8.10. The summed E-state index contributed by atoms with van der Waals surface area (Å²) in [6.07, 6.45) is 7.67. The van der Waals surface area contributed by atoms with Crippen molar-refractivity contribution in [1.82, 2.24) is 24.7 Å². The Kier molecular flexibility index (Phi) is 5.00. The van der Waals surface area contributed by atoms with Crippen molar-refractivity contribution in [3.8, 4) is 22.5 Å². The van der Waals surface area contributed by atoms with Crippen LogP contribution in [0.1, 0.15) is 41.9 Å².